The zero-order chi connectivity index (χ0) is 16.3. The molecule has 2 rings (SSSR count). The van der Waals surface area contributed by atoms with Crippen LogP contribution in [-0.4, -0.2) is 35.5 Å². The summed E-state index contributed by atoms with van der Waals surface area (Å²) in [5, 5.41) is 2.76. The summed E-state index contributed by atoms with van der Waals surface area (Å²) in [7, 11) is 0. The van der Waals surface area contributed by atoms with E-state index in [0.29, 0.717) is 30.5 Å². The average Bonchev–Trinajstić information content (AvgIpc) is 2.43. The Kier molecular flexibility index (Phi) is 5.00. The first-order chi connectivity index (χ1) is 10.4. The molecule has 1 unspecified atom stereocenters. The van der Waals surface area contributed by atoms with Gasteiger partial charge in [0.2, 0.25) is 17.7 Å². The topological polar surface area (TPSA) is 71.5 Å². The van der Waals surface area contributed by atoms with Crippen LogP contribution in [0.1, 0.15) is 34.1 Å². The Morgan fingerprint density at radius 3 is 2.86 bits per heavy atom. The molecular weight excluding hydrogens is 282 g/mol. The van der Waals surface area contributed by atoms with Gasteiger partial charge in [-0.15, -0.1) is 0 Å². The van der Waals surface area contributed by atoms with Crippen molar-refractivity contribution in [2.75, 3.05) is 11.4 Å². The van der Waals surface area contributed by atoms with Gasteiger partial charge in [-0.25, -0.2) is 4.98 Å². The van der Waals surface area contributed by atoms with Crippen LogP contribution in [-0.2, 0) is 9.59 Å². The number of ether oxygens (including phenoxy) is 1. The van der Waals surface area contributed by atoms with Gasteiger partial charge in [-0.05, 0) is 31.4 Å². The van der Waals surface area contributed by atoms with Crippen LogP contribution in [0.5, 0.6) is 5.88 Å². The quantitative estimate of drug-likeness (QED) is 0.920. The van der Waals surface area contributed by atoms with Crippen LogP contribution in [0.4, 0.5) is 5.69 Å². The summed E-state index contributed by atoms with van der Waals surface area (Å²) < 4.78 is 5.66. The maximum absolute atomic E-state index is 12.9. The maximum atomic E-state index is 12.9. The van der Waals surface area contributed by atoms with Crippen molar-refractivity contribution in [3.8, 4) is 5.88 Å². The van der Waals surface area contributed by atoms with E-state index in [-0.39, 0.29) is 17.9 Å². The summed E-state index contributed by atoms with van der Waals surface area (Å²) in [6.07, 6.45) is 2.10. The van der Waals surface area contributed by atoms with Crippen molar-refractivity contribution in [1.82, 2.24) is 10.3 Å². The first-order valence-electron chi connectivity index (χ1n) is 7.58. The lowest BCUT2D eigenvalue weighted by Crippen LogP contribution is -2.52. The van der Waals surface area contributed by atoms with E-state index in [1.165, 1.54) is 6.92 Å². The minimum absolute atomic E-state index is 0.117. The molecule has 2 heterocycles. The SMILES string of the molecule is CC(=O)N[C@@H](CC(C)C)C(=O)N1CC(C)Oc2ncccc21. The molecule has 0 aliphatic carbocycles. The normalized spacial score (nSPS) is 18.4. The fourth-order valence-electron chi connectivity index (χ4n) is 2.60. The Morgan fingerprint density at radius 2 is 2.23 bits per heavy atom. The number of hydrogen-bond acceptors (Lipinski definition) is 4. The van der Waals surface area contributed by atoms with Crippen molar-refractivity contribution in [1.29, 1.82) is 0 Å². The minimum Gasteiger partial charge on any atom is -0.471 e. The number of aromatic nitrogens is 1. The molecule has 0 radical (unpaired) electrons. The van der Waals surface area contributed by atoms with Gasteiger partial charge in [0.1, 0.15) is 17.8 Å². The van der Waals surface area contributed by atoms with Gasteiger partial charge in [-0.3, -0.25) is 9.59 Å². The third kappa shape index (κ3) is 3.75. The van der Waals surface area contributed by atoms with Gasteiger partial charge in [0, 0.05) is 13.1 Å². The van der Waals surface area contributed by atoms with Crippen LogP contribution in [0.15, 0.2) is 18.3 Å². The molecular formula is C16H23N3O3. The molecule has 1 aromatic heterocycles. The van der Waals surface area contributed by atoms with Gasteiger partial charge in [0.25, 0.3) is 0 Å². The van der Waals surface area contributed by atoms with E-state index in [1.807, 2.05) is 26.8 Å². The Morgan fingerprint density at radius 1 is 1.50 bits per heavy atom. The van der Waals surface area contributed by atoms with Gasteiger partial charge in [0.15, 0.2) is 0 Å². The van der Waals surface area contributed by atoms with Crippen molar-refractivity contribution < 1.29 is 14.3 Å². The van der Waals surface area contributed by atoms with Crippen LogP contribution in [0, 0.1) is 5.92 Å². The summed E-state index contributed by atoms with van der Waals surface area (Å²) in [6.45, 7) is 7.83. The van der Waals surface area contributed by atoms with E-state index in [2.05, 4.69) is 10.3 Å². The third-order valence-electron chi connectivity index (χ3n) is 3.44. The lowest BCUT2D eigenvalue weighted by atomic mass is 10.0. The van der Waals surface area contributed by atoms with Crippen molar-refractivity contribution in [2.45, 2.75) is 46.3 Å². The highest BCUT2D eigenvalue weighted by atomic mass is 16.5. The Labute approximate surface area is 130 Å². The molecule has 0 saturated carbocycles. The van der Waals surface area contributed by atoms with E-state index in [0.717, 1.165) is 0 Å². The lowest BCUT2D eigenvalue weighted by Gasteiger charge is -2.35. The molecule has 0 saturated heterocycles. The van der Waals surface area contributed by atoms with Crippen LogP contribution in [0.25, 0.3) is 0 Å². The number of nitrogens with zero attached hydrogens (tertiary/aromatic N) is 2. The number of hydrogen-bond donors (Lipinski definition) is 1. The van der Waals surface area contributed by atoms with E-state index in [1.54, 1.807) is 17.2 Å². The van der Waals surface area contributed by atoms with Gasteiger partial charge in [-0.2, -0.15) is 0 Å². The molecule has 0 bridgehead atoms. The highest BCUT2D eigenvalue weighted by molar-refractivity contribution is 6.00. The second-order valence-corrected chi connectivity index (χ2v) is 6.09. The Bertz CT molecular complexity index is 559. The van der Waals surface area contributed by atoms with Crippen molar-refractivity contribution >= 4 is 17.5 Å². The first-order valence-corrected chi connectivity index (χ1v) is 7.58. The van der Waals surface area contributed by atoms with E-state index < -0.39 is 6.04 Å². The molecule has 0 spiro atoms. The summed E-state index contributed by atoms with van der Waals surface area (Å²) >= 11 is 0. The smallest absolute Gasteiger partial charge is 0.249 e. The van der Waals surface area contributed by atoms with Crippen LogP contribution in [0.3, 0.4) is 0 Å². The van der Waals surface area contributed by atoms with Gasteiger partial charge < -0.3 is 15.0 Å². The number of fused-ring (bicyclic) bond motifs is 1. The van der Waals surface area contributed by atoms with Crippen molar-refractivity contribution in [3.05, 3.63) is 18.3 Å². The molecule has 1 aliphatic heterocycles. The van der Waals surface area contributed by atoms with Crippen LogP contribution in [0.2, 0.25) is 0 Å². The van der Waals surface area contributed by atoms with Gasteiger partial charge in [-0.1, -0.05) is 13.8 Å². The zero-order valence-electron chi connectivity index (χ0n) is 13.5. The van der Waals surface area contributed by atoms with Crippen LogP contribution < -0.4 is 15.0 Å². The number of nitrogens with one attached hydrogen (secondary N) is 1. The summed E-state index contributed by atoms with van der Waals surface area (Å²) in [6, 6.07) is 3.05. The fraction of sp³-hybridized carbons (Fsp3) is 0.562. The van der Waals surface area contributed by atoms with Crippen molar-refractivity contribution in [2.24, 2.45) is 5.92 Å². The molecule has 1 aliphatic rings. The molecule has 1 aromatic rings. The number of anilines is 1. The highest BCUT2D eigenvalue weighted by Gasteiger charge is 2.33. The standard InChI is InChI=1S/C16H23N3O3/c1-10(2)8-13(18-12(4)20)16(21)19-9-11(3)22-15-14(19)6-5-7-17-15/h5-7,10-11,13H,8-9H2,1-4H3,(H,18,20)/t11?,13-/m0/s1. The number of amides is 2. The first kappa shape index (κ1) is 16.3. The number of carbonyl (C=O) groups excluding carboxylic acids is 2. The largest absolute Gasteiger partial charge is 0.471 e. The lowest BCUT2D eigenvalue weighted by molar-refractivity contribution is -0.127. The third-order valence-corrected chi connectivity index (χ3v) is 3.44. The van der Waals surface area contributed by atoms with Crippen molar-refractivity contribution in [3.63, 3.8) is 0 Å². The summed E-state index contributed by atoms with van der Waals surface area (Å²) in [4.78, 5) is 30.2. The second kappa shape index (κ2) is 6.77. The molecule has 1 N–H and O–H groups in total. The van der Waals surface area contributed by atoms with Gasteiger partial charge in [0.05, 0.1) is 6.54 Å². The van der Waals surface area contributed by atoms with E-state index >= 15 is 0 Å². The average molecular weight is 305 g/mol. The van der Waals surface area contributed by atoms with E-state index in [9.17, 15) is 9.59 Å². The highest BCUT2D eigenvalue weighted by Crippen LogP contribution is 2.31. The number of carbonyl (C=O) groups is 2. The predicted molar refractivity (Wildman–Crippen MR) is 83.7 cm³/mol. The zero-order valence-corrected chi connectivity index (χ0v) is 13.5. The molecule has 2 amide bonds. The number of pyridine rings is 1. The monoisotopic (exact) mass is 305 g/mol. The second-order valence-electron chi connectivity index (χ2n) is 6.09. The molecule has 6 heteroatoms. The molecule has 120 valence electrons. The number of rotatable bonds is 4. The molecule has 22 heavy (non-hydrogen) atoms. The molecule has 0 fully saturated rings. The van der Waals surface area contributed by atoms with Gasteiger partial charge >= 0.3 is 0 Å². The van der Waals surface area contributed by atoms with E-state index in [4.69, 9.17) is 4.74 Å². The Balaban J connectivity index is 2.28. The predicted octanol–water partition coefficient (Wildman–Crippen LogP) is 1.75. The maximum Gasteiger partial charge on any atom is 0.249 e. The Hall–Kier alpha value is -2.11. The summed E-state index contributed by atoms with van der Waals surface area (Å²) in [5.41, 5.74) is 0.657. The van der Waals surface area contributed by atoms with Crippen LogP contribution >= 0.6 is 0 Å². The summed E-state index contributed by atoms with van der Waals surface area (Å²) in [5.74, 6) is 0.438. The molecule has 2 atom stereocenters. The fourth-order valence-corrected chi connectivity index (χ4v) is 2.60. The molecule has 6 nitrogen and oxygen atoms in total. The minimum atomic E-state index is -0.532. The molecule has 0 aromatic carbocycles.